The number of H-pyrrole nitrogens is 1. The minimum absolute atomic E-state index is 0.0939. The van der Waals surface area contributed by atoms with Crippen LogP contribution in [0.2, 0.25) is 0 Å². The first-order valence-electron chi connectivity index (χ1n) is 8.56. The maximum absolute atomic E-state index is 12.6. The number of aromatic nitrogens is 2. The zero-order valence-corrected chi connectivity index (χ0v) is 14.6. The number of rotatable bonds is 3. The molecule has 1 fully saturated rings. The summed E-state index contributed by atoms with van der Waals surface area (Å²) in [5.41, 5.74) is 1.14. The number of hydrogen-bond donors (Lipinski definition) is 2. The van der Waals surface area contributed by atoms with E-state index in [4.69, 9.17) is 0 Å². The standard InChI is InChI=1S/C19H23N5O/c1-19(2,13-20)15-5-7-16(8-6-15)23-18(25)24-11-3-4-14(12-24)17-21-9-10-22-17/h5-10,14H,3-4,11-12H2,1-2H3,(H,21,22)(H,23,25). The summed E-state index contributed by atoms with van der Waals surface area (Å²) in [7, 11) is 0. The molecular weight excluding hydrogens is 314 g/mol. The fourth-order valence-electron chi connectivity index (χ4n) is 3.12. The van der Waals surface area contributed by atoms with Crippen LogP contribution in [0.4, 0.5) is 10.5 Å². The largest absolute Gasteiger partial charge is 0.348 e. The molecule has 1 aliphatic rings. The number of imidazole rings is 1. The first-order chi connectivity index (χ1) is 12.0. The topological polar surface area (TPSA) is 84.8 Å². The Balaban J connectivity index is 1.63. The van der Waals surface area contributed by atoms with E-state index in [1.165, 1.54) is 0 Å². The van der Waals surface area contributed by atoms with Crippen molar-refractivity contribution < 1.29 is 4.79 Å². The van der Waals surface area contributed by atoms with Crippen molar-refractivity contribution in [3.05, 3.63) is 48.0 Å². The quantitative estimate of drug-likeness (QED) is 0.897. The van der Waals surface area contributed by atoms with Crippen LogP contribution in [-0.4, -0.2) is 34.0 Å². The fraction of sp³-hybridized carbons (Fsp3) is 0.421. The molecular formula is C19H23N5O. The van der Waals surface area contributed by atoms with Gasteiger partial charge >= 0.3 is 6.03 Å². The molecule has 0 radical (unpaired) electrons. The second-order valence-corrected chi connectivity index (χ2v) is 7.00. The predicted octanol–water partition coefficient (Wildman–Crippen LogP) is 3.62. The first-order valence-corrected chi connectivity index (χ1v) is 8.56. The monoisotopic (exact) mass is 337 g/mol. The molecule has 0 spiro atoms. The fourth-order valence-corrected chi connectivity index (χ4v) is 3.12. The Bertz CT molecular complexity index is 758. The van der Waals surface area contributed by atoms with E-state index in [2.05, 4.69) is 21.4 Å². The van der Waals surface area contributed by atoms with Gasteiger partial charge in [-0.25, -0.2) is 9.78 Å². The summed E-state index contributed by atoms with van der Waals surface area (Å²) >= 11 is 0. The van der Waals surface area contributed by atoms with Crippen LogP contribution < -0.4 is 5.32 Å². The van der Waals surface area contributed by atoms with Crippen molar-refractivity contribution in [2.45, 2.75) is 38.0 Å². The Labute approximate surface area is 147 Å². The van der Waals surface area contributed by atoms with Gasteiger partial charge in [0.25, 0.3) is 0 Å². The number of nitrogens with zero attached hydrogens (tertiary/aromatic N) is 3. The molecule has 1 atom stereocenters. The van der Waals surface area contributed by atoms with Crippen LogP contribution in [0.15, 0.2) is 36.7 Å². The molecule has 0 bridgehead atoms. The van der Waals surface area contributed by atoms with Gasteiger partial charge in [0.2, 0.25) is 0 Å². The van der Waals surface area contributed by atoms with Gasteiger partial charge in [0.15, 0.2) is 0 Å². The second-order valence-electron chi connectivity index (χ2n) is 7.00. The van der Waals surface area contributed by atoms with Crippen molar-refractivity contribution in [1.29, 1.82) is 5.26 Å². The van der Waals surface area contributed by atoms with Crippen LogP contribution in [0, 0.1) is 11.3 Å². The number of likely N-dealkylation sites (tertiary alicyclic amines) is 1. The van der Waals surface area contributed by atoms with E-state index >= 15 is 0 Å². The number of urea groups is 1. The van der Waals surface area contributed by atoms with Crippen molar-refractivity contribution in [2.24, 2.45) is 0 Å². The number of benzene rings is 1. The average molecular weight is 337 g/mol. The highest BCUT2D eigenvalue weighted by Gasteiger charge is 2.26. The maximum atomic E-state index is 12.6. The molecule has 2 heterocycles. The van der Waals surface area contributed by atoms with Gasteiger partial charge in [-0.1, -0.05) is 12.1 Å². The van der Waals surface area contributed by atoms with Gasteiger partial charge in [0.1, 0.15) is 5.82 Å². The van der Waals surface area contributed by atoms with Crippen molar-refractivity contribution in [3.8, 4) is 6.07 Å². The molecule has 130 valence electrons. The van der Waals surface area contributed by atoms with Crippen LogP contribution >= 0.6 is 0 Å². The number of aromatic amines is 1. The molecule has 0 saturated carbocycles. The Hall–Kier alpha value is -2.81. The van der Waals surface area contributed by atoms with Crippen LogP contribution in [0.3, 0.4) is 0 Å². The highest BCUT2D eigenvalue weighted by atomic mass is 16.2. The number of piperidine rings is 1. The molecule has 6 nitrogen and oxygen atoms in total. The third-order valence-corrected chi connectivity index (χ3v) is 4.75. The Morgan fingerprint density at radius 3 is 2.80 bits per heavy atom. The van der Waals surface area contributed by atoms with E-state index in [0.29, 0.717) is 6.54 Å². The van der Waals surface area contributed by atoms with Gasteiger partial charge in [-0.3, -0.25) is 0 Å². The molecule has 1 saturated heterocycles. The molecule has 1 aliphatic heterocycles. The molecule has 25 heavy (non-hydrogen) atoms. The molecule has 3 rings (SSSR count). The number of anilines is 1. The highest BCUT2D eigenvalue weighted by molar-refractivity contribution is 5.89. The summed E-state index contributed by atoms with van der Waals surface area (Å²) in [5.74, 6) is 1.20. The van der Waals surface area contributed by atoms with Crippen molar-refractivity contribution in [2.75, 3.05) is 18.4 Å². The third kappa shape index (κ3) is 3.82. The highest BCUT2D eigenvalue weighted by Crippen LogP contribution is 2.26. The summed E-state index contributed by atoms with van der Waals surface area (Å²) in [5, 5.41) is 12.1. The molecule has 2 amide bonds. The van der Waals surface area contributed by atoms with Gasteiger partial charge in [-0.05, 0) is 44.4 Å². The number of hydrogen-bond acceptors (Lipinski definition) is 3. The van der Waals surface area contributed by atoms with Crippen LogP contribution in [0.25, 0.3) is 0 Å². The zero-order valence-electron chi connectivity index (χ0n) is 14.6. The van der Waals surface area contributed by atoms with Gasteiger partial charge in [-0.2, -0.15) is 5.26 Å². The number of nitrogens with one attached hydrogen (secondary N) is 2. The summed E-state index contributed by atoms with van der Waals surface area (Å²) < 4.78 is 0. The Morgan fingerprint density at radius 1 is 1.40 bits per heavy atom. The molecule has 2 N–H and O–H groups in total. The minimum Gasteiger partial charge on any atom is -0.348 e. The van der Waals surface area contributed by atoms with Crippen molar-refractivity contribution in [3.63, 3.8) is 0 Å². The lowest BCUT2D eigenvalue weighted by Gasteiger charge is -2.31. The van der Waals surface area contributed by atoms with E-state index in [1.807, 2.05) is 49.2 Å². The summed E-state index contributed by atoms with van der Waals surface area (Å²) in [6.45, 7) is 5.17. The predicted molar refractivity (Wildman–Crippen MR) is 96.2 cm³/mol. The zero-order chi connectivity index (χ0) is 17.9. The maximum Gasteiger partial charge on any atom is 0.321 e. The molecule has 1 aromatic carbocycles. The Kier molecular flexibility index (Phi) is 4.75. The van der Waals surface area contributed by atoms with Gasteiger partial charge in [0.05, 0.1) is 11.5 Å². The lowest BCUT2D eigenvalue weighted by molar-refractivity contribution is 0.191. The van der Waals surface area contributed by atoms with E-state index in [1.54, 1.807) is 6.20 Å². The average Bonchev–Trinajstić information content (AvgIpc) is 3.17. The third-order valence-electron chi connectivity index (χ3n) is 4.75. The molecule has 1 unspecified atom stereocenters. The van der Waals surface area contributed by atoms with E-state index in [-0.39, 0.29) is 11.9 Å². The summed E-state index contributed by atoms with van der Waals surface area (Å²) in [6, 6.07) is 9.66. The summed E-state index contributed by atoms with van der Waals surface area (Å²) in [6.07, 6.45) is 5.57. The molecule has 1 aromatic heterocycles. The second kappa shape index (κ2) is 6.98. The number of amides is 2. The van der Waals surface area contributed by atoms with Gasteiger partial charge in [-0.15, -0.1) is 0 Å². The van der Waals surface area contributed by atoms with Crippen LogP contribution in [-0.2, 0) is 5.41 Å². The van der Waals surface area contributed by atoms with Crippen LogP contribution in [0.5, 0.6) is 0 Å². The van der Waals surface area contributed by atoms with E-state index < -0.39 is 5.41 Å². The van der Waals surface area contributed by atoms with Gasteiger partial charge < -0.3 is 15.2 Å². The number of carbonyl (C=O) groups is 1. The molecule has 0 aliphatic carbocycles. The van der Waals surface area contributed by atoms with Gasteiger partial charge in [0, 0.05) is 37.1 Å². The van der Waals surface area contributed by atoms with E-state index in [0.717, 1.165) is 36.5 Å². The van der Waals surface area contributed by atoms with Crippen molar-refractivity contribution >= 4 is 11.7 Å². The number of nitriles is 1. The van der Waals surface area contributed by atoms with E-state index in [9.17, 15) is 10.1 Å². The first kappa shape index (κ1) is 17.0. The lowest BCUT2D eigenvalue weighted by Crippen LogP contribution is -2.41. The normalized spacial score (nSPS) is 17.8. The lowest BCUT2D eigenvalue weighted by atomic mass is 9.86. The smallest absolute Gasteiger partial charge is 0.321 e. The van der Waals surface area contributed by atoms with Crippen molar-refractivity contribution in [1.82, 2.24) is 14.9 Å². The molecule has 2 aromatic rings. The summed E-state index contributed by atoms with van der Waals surface area (Å²) in [4.78, 5) is 21.9. The SMILES string of the molecule is CC(C)(C#N)c1ccc(NC(=O)N2CCCC(c3ncc[nH]3)C2)cc1. The minimum atomic E-state index is -0.536. The molecule has 6 heteroatoms. The number of carbonyl (C=O) groups excluding carboxylic acids is 1. The Morgan fingerprint density at radius 2 is 2.16 bits per heavy atom. The van der Waals surface area contributed by atoms with Crippen LogP contribution in [0.1, 0.15) is 44.0 Å².